The van der Waals surface area contributed by atoms with Crippen molar-refractivity contribution in [1.29, 1.82) is 0 Å². The average Bonchev–Trinajstić information content (AvgIpc) is 2.72. The van der Waals surface area contributed by atoms with Crippen molar-refractivity contribution in [1.82, 2.24) is 15.2 Å². The van der Waals surface area contributed by atoms with Gasteiger partial charge in [0.15, 0.2) is 0 Å². The Morgan fingerprint density at radius 3 is 2.73 bits per heavy atom. The van der Waals surface area contributed by atoms with E-state index >= 15 is 0 Å². The van der Waals surface area contributed by atoms with Crippen LogP contribution in [0.2, 0.25) is 0 Å². The van der Waals surface area contributed by atoms with E-state index in [1.807, 2.05) is 36.4 Å². The summed E-state index contributed by atoms with van der Waals surface area (Å²) < 4.78 is 10.0. The molecule has 136 valence electrons. The number of esters is 1. The van der Waals surface area contributed by atoms with E-state index in [0.717, 1.165) is 11.1 Å². The number of methoxy groups -OCH3 is 1. The lowest BCUT2D eigenvalue weighted by Crippen LogP contribution is -2.48. The fraction of sp³-hybridized carbons (Fsp3) is 0.316. The van der Waals surface area contributed by atoms with E-state index in [2.05, 4.69) is 15.0 Å². The fourth-order valence-electron chi connectivity index (χ4n) is 2.79. The van der Waals surface area contributed by atoms with E-state index in [1.54, 1.807) is 17.2 Å². The zero-order valence-corrected chi connectivity index (χ0v) is 14.6. The highest BCUT2D eigenvalue weighted by Crippen LogP contribution is 2.18. The molecule has 0 spiro atoms. The number of piperazine rings is 1. The van der Waals surface area contributed by atoms with Crippen LogP contribution in [0.3, 0.4) is 0 Å². The fourth-order valence-corrected chi connectivity index (χ4v) is 2.79. The number of carbonyl (C=O) groups is 2. The van der Waals surface area contributed by atoms with E-state index in [9.17, 15) is 9.59 Å². The smallest absolute Gasteiger partial charge is 0.410 e. The van der Waals surface area contributed by atoms with Gasteiger partial charge in [-0.25, -0.2) is 14.6 Å². The van der Waals surface area contributed by atoms with E-state index in [-0.39, 0.29) is 24.4 Å². The molecule has 0 bridgehead atoms. The summed E-state index contributed by atoms with van der Waals surface area (Å²) in [5.74, 6) is -0.473. The van der Waals surface area contributed by atoms with Gasteiger partial charge in [-0.15, -0.1) is 0 Å². The minimum atomic E-state index is -0.473. The van der Waals surface area contributed by atoms with Gasteiger partial charge in [0.2, 0.25) is 0 Å². The van der Waals surface area contributed by atoms with E-state index in [4.69, 9.17) is 4.74 Å². The molecular weight excluding hydrogens is 334 g/mol. The number of carbonyl (C=O) groups excluding carboxylic acids is 2. The first-order valence-corrected chi connectivity index (χ1v) is 8.40. The number of benzene rings is 1. The molecule has 1 atom stereocenters. The van der Waals surface area contributed by atoms with Gasteiger partial charge in [-0.3, -0.25) is 0 Å². The highest BCUT2D eigenvalue weighted by molar-refractivity contribution is 5.87. The Balaban J connectivity index is 1.58. The molecule has 1 aromatic heterocycles. The van der Waals surface area contributed by atoms with Crippen molar-refractivity contribution in [2.75, 3.05) is 26.7 Å². The molecule has 0 saturated carbocycles. The Hall–Kier alpha value is -2.93. The first-order chi connectivity index (χ1) is 12.7. The number of ether oxygens (including phenoxy) is 2. The minimum Gasteiger partial charge on any atom is -0.464 e. The molecule has 1 aromatic carbocycles. The molecule has 7 nitrogen and oxygen atoms in total. The Morgan fingerprint density at radius 2 is 2.04 bits per heavy atom. The van der Waals surface area contributed by atoms with Crippen molar-refractivity contribution in [3.05, 3.63) is 65.5 Å². The Kier molecular flexibility index (Phi) is 5.80. The molecule has 1 aliphatic heterocycles. The van der Waals surface area contributed by atoms with Gasteiger partial charge in [-0.1, -0.05) is 36.4 Å². The summed E-state index contributed by atoms with van der Waals surface area (Å²) in [4.78, 5) is 29.6. The first kappa shape index (κ1) is 17.9. The van der Waals surface area contributed by atoms with Crippen molar-refractivity contribution in [2.45, 2.75) is 12.6 Å². The van der Waals surface area contributed by atoms with Crippen molar-refractivity contribution < 1.29 is 19.1 Å². The van der Waals surface area contributed by atoms with Crippen LogP contribution in [0.5, 0.6) is 0 Å². The third-order valence-electron chi connectivity index (χ3n) is 4.22. The predicted molar refractivity (Wildman–Crippen MR) is 94.5 cm³/mol. The lowest BCUT2D eigenvalue weighted by Gasteiger charge is -2.33. The quantitative estimate of drug-likeness (QED) is 0.847. The molecule has 0 radical (unpaired) electrons. The maximum absolute atomic E-state index is 12.3. The molecular formula is C19H21N3O4. The molecule has 1 amide bonds. The summed E-state index contributed by atoms with van der Waals surface area (Å²) in [5, 5.41) is 3.35. The van der Waals surface area contributed by atoms with Crippen molar-refractivity contribution >= 4 is 12.1 Å². The van der Waals surface area contributed by atoms with Crippen molar-refractivity contribution in [3.8, 4) is 0 Å². The number of amides is 1. The Morgan fingerprint density at radius 1 is 1.23 bits per heavy atom. The molecule has 26 heavy (non-hydrogen) atoms. The zero-order valence-electron chi connectivity index (χ0n) is 14.6. The molecule has 1 N–H and O–H groups in total. The van der Waals surface area contributed by atoms with Crippen LogP contribution in [-0.4, -0.2) is 48.7 Å². The monoisotopic (exact) mass is 355 g/mol. The number of pyridine rings is 1. The summed E-state index contributed by atoms with van der Waals surface area (Å²) in [5.41, 5.74) is 2.11. The highest BCUT2D eigenvalue weighted by atomic mass is 16.6. The Bertz CT molecular complexity index is 749. The van der Waals surface area contributed by atoms with Gasteiger partial charge in [-0.2, -0.15) is 0 Å². The first-order valence-electron chi connectivity index (χ1n) is 8.40. The number of nitrogens with one attached hydrogen (secondary N) is 1. The third kappa shape index (κ3) is 4.37. The average molecular weight is 355 g/mol. The molecule has 1 unspecified atom stereocenters. The van der Waals surface area contributed by atoms with E-state index in [1.165, 1.54) is 7.11 Å². The van der Waals surface area contributed by atoms with Crippen LogP contribution in [0.4, 0.5) is 4.79 Å². The summed E-state index contributed by atoms with van der Waals surface area (Å²) >= 11 is 0. The number of hydrogen-bond donors (Lipinski definition) is 1. The highest BCUT2D eigenvalue weighted by Gasteiger charge is 2.25. The molecule has 7 heteroatoms. The van der Waals surface area contributed by atoms with E-state index in [0.29, 0.717) is 19.6 Å². The van der Waals surface area contributed by atoms with Crippen LogP contribution in [0.1, 0.15) is 27.7 Å². The topological polar surface area (TPSA) is 80.8 Å². The zero-order chi connectivity index (χ0) is 18.4. The number of nitrogens with zero attached hydrogens (tertiary/aromatic N) is 2. The second kappa shape index (κ2) is 8.44. The van der Waals surface area contributed by atoms with Gasteiger partial charge in [0, 0.05) is 25.8 Å². The molecule has 3 rings (SSSR count). The Labute approximate surface area is 151 Å². The lowest BCUT2D eigenvalue weighted by atomic mass is 10.1. The standard InChI is InChI=1S/C19H21N3O4/c1-25-18(23)16-8-7-15(11-21-16)17-12-22(10-9-20-17)19(24)26-13-14-5-3-2-4-6-14/h2-8,11,17,20H,9-10,12-13H2,1H3. The minimum absolute atomic E-state index is 0.0628. The van der Waals surface area contributed by atoms with Gasteiger partial charge in [0.1, 0.15) is 12.3 Å². The van der Waals surface area contributed by atoms with Crippen LogP contribution in [0.15, 0.2) is 48.7 Å². The van der Waals surface area contributed by atoms with E-state index < -0.39 is 5.97 Å². The van der Waals surface area contributed by atoms with Crippen LogP contribution >= 0.6 is 0 Å². The van der Waals surface area contributed by atoms with Crippen LogP contribution in [-0.2, 0) is 16.1 Å². The second-order valence-corrected chi connectivity index (χ2v) is 5.96. The maximum atomic E-state index is 12.3. The normalized spacial score (nSPS) is 16.8. The summed E-state index contributed by atoms with van der Waals surface area (Å²) in [6, 6.07) is 13.0. The molecule has 1 fully saturated rings. The summed E-state index contributed by atoms with van der Waals surface area (Å²) in [6.07, 6.45) is 1.29. The largest absolute Gasteiger partial charge is 0.464 e. The van der Waals surface area contributed by atoms with Crippen LogP contribution in [0, 0.1) is 0 Å². The molecule has 1 aliphatic rings. The third-order valence-corrected chi connectivity index (χ3v) is 4.22. The van der Waals surface area contributed by atoms with Crippen LogP contribution in [0.25, 0.3) is 0 Å². The molecule has 1 saturated heterocycles. The number of aromatic nitrogens is 1. The van der Waals surface area contributed by atoms with Crippen molar-refractivity contribution in [3.63, 3.8) is 0 Å². The second-order valence-electron chi connectivity index (χ2n) is 5.96. The number of hydrogen-bond acceptors (Lipinski definition) is 6. The summed E-state index contributed by atoms with van der Waals surface area (Å²) in [6.45, 7) is 1.97. The molecule has 0 aliphatic carbocycles. The van der Waals surface area contributed by atoms with Gasteiger partial charge >= 0.3 is 12.1 Å². The molecule has 2 aromatic rings. The number of rotatable bonds is 4. The van der Waals surface area contributed by atoms with Gasteiger partial charge in [0.25, 0.3) is 0 Å². The predicted octanol–water partition coefficient (Wildman–Crippen LogP) is 2.15. The lowest BCUT2D eigenvalue weighted by molar-refractivity contribution is 0.0594. The van der Waals surface area contributed by atoms with Gasteiger partial charge in [0.05, 0.1) is 13.2 Å². The molecule has 2 heterocycles. The maximum Gasteiger partial charge on any atom is 0.410 e. The van der Waals surface area contributed by atoms with Crippen molar-refractivity contribution in [2.24, 2.45) is 0 Å². The van der Waals surface area contributed by atoms with Gasteiger partial charge < -0.3 is 19.7 Å². The van der Waals surface area contributed by atoms with Gasteiger partial charge in [-0.05, 0) is 17.2 Å². The summed E-state index contributed by atoms with van der Waals surface area (Å²) in [7, 11) is 1.32. The van der Waals surface area contributed by atoms with Crippen LogP contribution < -0.4 is 5.32 Å². The SMILES string of the molecule is COC(=O)c1ccc(C2CN(C(=O)OCc3ccccc3)CCN2)cn1.